The van der Waals surface area contributed by atoms with Crippen molar-refractivity contribution in [2.45, 2.75) is 25.0 Å². The number of carbonyl (C=O) groups is 1. The third-order valence-electron chi connectivity index (χ3n) is 2.33. The highest BCUT2D eigenvalue weighted by Gasteiger charge is 2.38. The first-order chi connectivity index (χ1) is 9.13. The van der Waals surface area contributed by atoms with Gasteiger partial charge >= 0.3 is 12.1 Å². The van der Waals surface area contributed by atoms with Crippen LogP contribution in [0, 0.1) is 0 Å². The smallest absolute Gasteiger partial charge is 0.434 e. The van der Waals surface area contributed by atoms with E-state index < -0.39 is 44.0 Å². The van der Waals surface area contributed by atoms with Crippen LogP contribution in [0.1, 0.15) is 29.9 Å². The van der Waals surface area contributed by atoms with Crippen LogP contribution in [0.2, 0.25) is 0 Å². The van der Waals surface area contributed by atoms with Crippen LogP contribution < -0.4 is 0 Å². The number of hydrogen-bond acceptors (Lipinski definition) is 5. The van der Waals surface area contributed by atoms with Crippen molar-refractivity contribution in [3.05, 3.63) is 23.4 Å². The highest BCUT2D eigenvalue weighted by Crippen LogP contribution is 2.31. The van der Waals surface area contributed by atoms with Crippen molar-refractivity contribution in [2.75, 3.05) is 12.4 Å². The maximum atomic E-state index is 12.9. The van der Waals surface area contributed by atoms with Crippen molar-refractivity contribution in [1.29, 1.82) is 0 Å². The Kier molecular flexibility index (Phi) is 4.74. The van der Waals surface area contributed by atoms with E-state index in [2.05, 4.69) is 9.72 Å². The second-order valence-corrected chi connectivity index (χ2v) is 5.89. The molecular formula is C11H12F3NO4S. The lowest BCUT2D eigenvalue weighted by Crippen LogP contribution is -2.19. The topological polar surface area (TPSA) is 73.3 Å². The van der Waals surface area contributed by atoms with Gasteiger partial charge in [0.2, 0.25) is 0 Å². The minimum absolute atomic E-state index is 0.106. The molecule has 0 aliphatic rings. The molecule has 0 aliphatic carbocycles. The predicted octanol–water partition coefficient (Wildman–Crippen LogP) is 2.07. The second kappa shape index (κ2) is 5.78. The van der Waals surface area contributed by atoms with Gasteiger partial charge in [0, 0.05) is 0 Å². The number of halogens is 3. The molecule has 0 spiro atoms. The Morgan fingerprint density at radius 1 is 1.30 bits per heavy atom. The molecule has 0 amide bonds. The van der Waals surface area contributed by atoms with E-state index in [4.69, 9.17) is 0 Å². The van der Waals surface area contributed by atoms with Gasteiger partial charge in [0.15, 0.2) is 20.6 Å². The lowest BCUT2D eigenvalue weighted by Gasteiger charge is -2.12. The van der Waals surface area contributed by atoms with Crippen molar-refractivity contribution in [2.24, 2.45) is 0 Å². The van der Waals surface area contributed by atoms with Gasteiger partial charge in [-0.05, 0) is 19.1 Å². The fraction of sp³-hybridized carbons (Fsp3) is 0.455. The van der Waals surface area contributed by atoms with E-state index in [1.165, 1.54) is 13.8 Å². The average Bonchev–Trinajstić information content (AvgIpc) is 2.37. The number of nitrogens with zero attached hydrogens (tertiary/aromatic N) is 1. The summed E-state index contributed by atoms with van der Waals surface area (Å²) < 4.78 is 66.1. The van der Waals surface area contributed by atoms with Gasteiger partial charge in [0.1, 0.15) is 0 Å². The van der Waals surface area contributed by atoms with Gasteiger partial charge in [-0.3, -0.25) is 0 Å². The van der Waals surface area contributed by atoms with Gasteiger partial charge in [-0.25, -0.2) is 18.2 Å². The maximum Gasteiger partial charge on any atom is 0.434 e. The Morgan fingerprint density at radius 3 is 2.35 bits per heavy atom. The number of pyridine rings is 1. The maximum absolute atomic E-state index is 12.9. The van der Waals surface area contributed by atoms with Crippen LogP contribution in [0.5, 0.6) is 0 Å². The molecule has 0 unspecified atom stereocenters. The Labute approximate surface area is 113 Å². The average molecular weight is 311 g/mol. The van der Waals surface area contributed by atoms with Crippen molar-refractivity contribution in [3.63, 3.8) is 0 Å². The summed E-state index contributed by atoms with van der Waals surface area (Å²) in [6.45, 7) is 2.61. The molecule has 1 aromatic heterocycles. The van der Waals surface area contributed by atoms with Crippen molar-refractivity contribution in [3.8, 4) is 0 Å². The number of rotatable bonds is 4. The Bertz CT molecular complexity index is 611. The first-order valence-corrected chi connectivity index (χ1v) is 7.26. The van der Waals surface area contributed by atoms with E-state index in [1.54, 1.807) is 0 Å². The summed E-state index contributed by atoms with van der Waals surface area (Å²) in [6, 6.07) is 1.62. The number of alkyl halides is 3. The fourth-order valence-electron chi connectivity index (χ4n) is 1.35. The van der Waals surface area contributed by atoms with Gasteiger partial charge in [-0.1, -0.05) is 6.92 Å². The molecule has 0 radical (unpaired) electrons. The molecule has 1 rings (SSSR count). The van der Waals surface area contributed by atoms with Crippen LogP contribution in [0.3, 0.4) is 0 Å². The van der Waals surface area contributed by atoms with Gasteiger partial charge in [0.05, 0.1) is 17.9 Å². The van der Waals surface area contributed by atoms with Crippen LogP contribution in [-0.2, 0) is 20.8 Å². The third-order valence-corrected chi connectivity index (χ3v) is 3.96. The van der Waals surface area contributed by atoms with Crippen molar-refractivity contribution >= 4 is 15.8 Å². The second-order valence-electron chi connectivity index (χ2n) is 3.67. The van der Waals surface area contributed by atoms with Crippen molar-refractivity contribution in [1.82, 2.24) is 4.98 Å². The SMILES string of the molecule is CCOC(=O)c1ccc(S(=O)(=O)CC)nc1C(F)(F)F. The van der Waals surface area contributed by atoms with E-state index in [0.717, 1.165) is 12.1 Å². The van der Waals surface area contributed by atoms with Crippen LogP contribution in [0.15, 0.2) is 17.2 Å². The number of hydrogen-bond donors (Lipinski definition) is 0. The monoisotopic (exact) mass is 311 g/mol. The molecule has 1 aromatic rings. The standard InChI is InChI=1S/C11H12F3NO4S/c1-3-19-10(16)7-5-6-8(20(17,18)4-2)15-9(7)11(12,13)14/h5-6H,3-4H2,1-2H3. The van der Waals surface area contributed by atoms with Gasteiger partial charge in [0.25, 0.3) is 0 Å². The van der Waals surface area contributed by atoms with Crippen LogP contribution in [-0.4, -0.2) is 31.7 Å². The minimum Gasteiger partial charge on any atom is -0.462 e. The van der Waals surface area contributed by atoms with Crippen molar-refractivity contribution < 1.29 is 31.1 Å². The van der Waals surface area contributed by atoms with E-state index in [9.17, 15) is 26.4 Å². The van der Waals surface area contributed by atoms with E-state index >= 15 is 0 Å². The molecule has 0 aromatic carbocycles. The number of ether oxygens (including phenoxy) is 1. The molecule has 0 saturated carbocycles. The quantitative estimate of drug-likeness (QED) is 0.796. The number of carbonyl (C=O) groups excluding carboxylic acids is 1. The molecule has 0 saturated heterocycles. The fourth-order valence-corrected chi connectivity index (χ4v) is 2.15. The molecule has 9 heteroatoms. The summed E-state index contributed by atoms with van der Waals surface area (Å²) in [5.41, 5.74) is -2.38. The summed E-state index contributed by atoms with van der Waals surface area (Å²) in [6.07, 6.45) is -4.96. The lowest BCUT2D eigenvalue weighted by atomic mass is 10.2. The first kappa shape index (κ1) is 16.4. The summed E-state index contributed by atoms with van der Waals surface area (Å²) in [7, 11) is -3.90. The predicted molar refractivity (Wildman–Crippen MR) is 62.9 cm³/mol. The third kappa shape index (κ3) is 3.47. The van der Waals surface area contributed by atoms with Crippen LogP contribution in [0.4, 0.5) is 13.2 Å². The minimum atomic E-state index is -4.96. The molecule has 0 fully saturated rings. The Morgan fingerprint density at radius 2 is 1.90 bits per heavy atom. The molecule has 0 atom stereocenters. The zero-order valence-corrected chi connectivity index (χ0v) is 11.5. The highest BCUT2D eigenvalue weighted by atomic mass is 32.2. The largest absolute Gasteiger partial charge is 0.462 e. The summed E-state index contributed by atoms with van der Waals surface area (Å²) in [4.78, 5) is 14.5. The highest BCUT2D eigenvalue weighted by molar-refractivity contribution is 7.91. The lowest BCUT2D eigenvalue weighted by molar-refractivity contribution is -0.142. The molecule has 112 valence electrons. The van der Waals surface area contributed by atoms with Crippen LogP contribution >= 0.6 is 0 Å². The van der Waals surface area contributed by atoms with E-state index in [-0.39, 0.29) is 6.61 Å². The number of aromatic nitrogens is 1. The van der Waals surface area contributed by atoms with Gasteiger partial charge in [-0.15, -0.1) is 0 Å². The summed E-state index contributed by atoms with van der Waals surface area (Å²) >= 11 is 0. The Hall–Kier alpha value is -1.64. The molecule has 5 nitrogen and oxygen atoms in total. The zero-order chi connectivity index (χ0) is 15.6. The first-order valence-electron chi connectivity index (χ1n) is 5.61. The normalized spacial score (nSPS) is 12.2. The Balaban J connectivity index is 3.47. The molecule has 0 bridgehead atoms. The van der Waals surface area contributed by atoms with E-state index in [1.807, 2.05) is 0 Å². The zero-order valence-electron chi connectivity index (χ0n) is 10.7. The number of esters is 1. The molecular weight excluding hydrogens is 299 g/mol. The van der Waals surface area contributed by atoms with Gasteiger partial charge < -0.3 is 4.74 Å². The molecule has 20 heavy (non-hydrogen) atoms. The van der Waals surface area contributed by atoms with Gasteiger partial charge in [-0.2, -0.15) is 13.2 Å². The molecule has 0 aliphatic heterocycles. The molecule has 0 N–H and O–H groups in total. The van der Waals surface area contributed by atoms with E-state index in [0.29, 0.717) is 0 Å². The van der Waals surface area contributed by atoms with Crippen LogP contribution in [0.25, 0.3) is 0 Å². The molecule has 1 heterocycles. The summed E-state index contributed by atoms with van der Waals surface area (Å²) in [5, 5.41) is -0.722. The summed E-state index contributed by atoms with van der Waals surface area (Å²) in [5.74, 6) is -1.59. The number of sulfone groups is 1.